The zero-order valence-electron chi connectivity index (χ0n) is 20.1. The van der Waals surface area contributed by atoms with Crippen molar-refractivity contribution >= 4 is 33.0 Å². The Kier molecular flexibility index (Phi) is 7.28. The second-order valence-corrected chi connectivity index (χ2v) is 10.4. The molecule has 0 aromatic heterocycles. The van der Waals surface area contributed by atoms with Gasteiger partial charge < -0.3 is 19.9 Å². The van der Waals surface area contributed by atoms with E-state index in [1.807, 2.05) is 24.3 Å². The molecule has 35 heavy (non-hydrogen) atoms. The third kappa shape index (κ3) is 5.41. The minimum Gasteiger partial charge on any atom is -0.495 e. The molecule has 1 aliphatic heterocycles. The van der Waals surface area contributed by atoms with Crippen LogP contribution in [0.25, 0.3) is 0 Å². The van der Waals surface area contributed by atoms with Crippen molar-refractivity contribution in [1.29, 1.82) is 0 Å². The number of ether oxygens (including phenoxy) is 1. The van der Waals surface area contributed by atoms with Gasteiger partial charge in [-0.3, -0.25) is 9.10 Å². The number of nitrogens with zero attached hydrogens (tertiary/aromatic N) is 3. The lowest BCUT2D eigenvalue weighted by Crippen LogP contribution is -2.44. The fourth-order valence-corrected chi connectivity index (χ4v) is 5.19. The number of carbonyl (C=O) groups is 1. The van der Waals surface area contributed by atoms with E-state index in [2.05, 4.69) is 22.2 Å². The van der Waals surface area contributed by atoms with Crippen LogP contribution in [-0.2, 0) is 10.0 Å². The summed E-state index contributed by atoms with van der Waals surface area (Å²) in [6.45, 7) is 4.01. The molecule has 0 aliphatic carbocycles. The van der Waals surface area contributed by atoms with Crippen molar-refractivity contribution in [1.82, 2.24) is 4.90 Å². The fraction of sp³-hybridized carbons (Fsp3) is 0.269. The molecule has 1 fully saturated rings. The average Bonchev–Trinajstić information content (AvgIpc) is 2.89. The molecule has 1 N–H and O–H groups in total. The van der Waals surface area contributed by atoms with Crippen molar-refractivity contribution in [3.8, 4) is 5.75 Å². The summed E-state index contributed by atoms with van der Waals surface area (Å²) in [5, 5.41) is 2.88. The van der Waals surface area contributed by atoms with Crippen LogP contribution in [0.3, 0.4) is 0 Å². The van der Waals surface area contributed by atoms with Gasteiger partial charge >= 0.3 is 0 Å². The van der Waals surface area contributed by atoms with Crippen LogP contribution < -0.4 is 19.3 Å². The first-order chi connectivity index (χ1) is 16.8. The predicted octanol–water partition coefficient (Wildman–Crippen LogP) is 3.52. The molecule has 0 bridgehead atoms. The number of hydrogen-bond donors (Lipinski definition) is 1. The molecule has 1 saturated heterocycles. The number of anilines is 3. The number of amides is 1. The Balaban J connectivity index is 1.43. The highest BCUT2D eigenvalue weighted by molar-refractivity contribution is 7.92. The molecule has 1 heterocycles. The van der Waals surface area contributed by atoms with Gasteiger partial charge in [-0.15, -0.1) is 0 Å². The zero-order chi connectivity index (χ0) is 25.0. The van der Waals surface area contributed by atoms with Crippen LogP contribution in [0.15, 0.2) is 77.7 Å². The van der Waals surface area contributed by atoms with Crippen LogP contribution in [0.5, 0.6) is 5.75 Å². The van der Waals surface area contributed by atoms with Crippen LogP contribution >= 0.6 is 0 Å². The number of para-hydroxylation sites is 2. The first-order valence-electron chi connectivity index (χ1n) is 11.4. The van der Waals surface area contributed by atoms with Gasteiger partial charge in [0.2, 0.25) is 0 Å². The van der Waals surface area contributed by atoms with Crippen molar-refractivity contribution in [2.24, 2.45) is 0 Å². The molecule has 4 rings (SSSR count). The number of likely N-dealkylation sites (N-methyl/N-ethyl adjacent to an activating group) is 1. The second-order valence-electron chi connectivity index (χ2n) is 8.46. The van der Waals surface area contributed by atoms with Crippen molar-refractivity contribution in [2.75, 3.05) is 61.9 Å². The maximum Gasteiger partial charge on any atom is 0.264 e. The van der Waals surface area contributed by atoms with E-state index in [0.29, 0.717) is 22.7 Å². The molecule has 1 amide bonds. The van der Waals surface area contributed by atoms with Gasteiger partial charge in [-0.1, -0.05) is 12.1 Å². The molecule has 184 valence electrons. The van der Waals surface area contributed by atoms with Gasteiger partial charge in [-0.25, -0.2) is 8.42 Å². The molecule has 0 unspecified atom stereocenters. The fourth-order valence-electron chi connectivity index (χ4n) is 3.98. The van der Waals surface area contributed by atoms with Crippen LogP contribution in [0, 0.1) is 0 Å². The second kappa shape index (κ2) is 10.4. The third-order valence-electron chi connectivity index (χ3n) is 6.19. The Morgan fingerprint density at radius 1 is 0.914 bits per heavy atom. The van der Waals surface area contributed by atoms with Gasteiger partial charge in [0.05, 0.1) is 17.7 Å². The third-order valence-corrected chi connectivity index (χ3v) is 7.98. The average molecular weight is 495 g/mol. The molecule has 3 aromatic rings. The van der Waals surface area contributed by atoms with Gasteiger partial charge in [0, 0.05) is 50.2 Å². The number of benzene rings is 3. The minimum absolute atomic E-state index is 0.0824. The smallest absolute Gasteiger partial charge is 0.264 e. The van der Waals surface area contributed by atoms with E-state index in [4.69, 9.17) is 4.74 Å². The van der Waals surface area contributed by atoms with Crippen LogP contribution in [0.4, 0.5) is 17.1 Å². The van der Waals surface area contributed by atoms with Gasteiger partial charge in [0.25, 0.3) is 15.9 Å². The zero-order valence-corrected chi connectivity index (χ0v) is 21.0. The summed E-state index contributed by atoms with van der Waals surface area (Å²) < 4.78 is 32.7. The normalized spacial score (nSPS) is 14.4. The van der Waals surface area contributed by atoms with E-state index < -0.39 is 10.0 Å². The molecule has 3 aromatic carbocycles. The molecule has 8 nitrogen and oxygen atoms in total. The van der Waals surface area contributed by atoms with Crippen LogP contribution in [-0.4, -0.2) is 66.6 Å². The number of piperazine rings is 1. The Morgan fingerprint density at radius 3 is 2.17 bits per heavy atom. The number of methoxy groups -OCH3 is 1. The molecular formula is C26H30N4O4S. The summed E-state index contributed by atoms with van der Waals surface area (Å²) in [7, 11) is 1.26. The van der Waals surface area contributed by atoms with Crippen molar-refractivity contribution in [2.45, 2.75) is 4.90 Å². The molecule has 0 spiro atoms. The highest BCUT2D eigenvalue weighted by Gasteiger charge is 2.24. The summed E-state index contributed by atoms with van der Waals surface area (Å²) in [4.78, 5) is 17.4. The summed E-state index contributed by atoms with van der Waals surface area (Å²) in [5.41, 5.74) is 2.61. The Hall–Kier alpha value is -3.56. The SMILES string of the molecule is COc1ccccc1N(C)S(=O)(=O)c1ccc(C(=O)Nc2ccc(N3CCN(C)CC3)cc2)cc1. The van der Waals surface area contributed by atoms with Gasteiger partial charge in [0.1, 0.15) is 5.75 Å². The number of nitrogens with one attached hydrogen (secondary N) is 1. The molecular weight excluding hydrogens is 464 g/mol. The topological polar surface area (TPSA) is 82.2 Å². The maximum absolute atomic E-state index is 13.1. The van der Waals surface area contributed by atoms with Crippen molar-refractivity contribution in [3.05, 3.63) is 78.4 Å². The standard InChI is InChI=1S/C26H30N4O4S/c1-28-16-18-30(19-17-28)22-12-10-21(11-13-22)27-26(31)20-8-14-23(15-9-20)35(32,33)29(2)24-6-4-5-7-25(24)34-3/h4-15H,16-19H2,1-3H3,(H,27,31). The lowest BCUT2D eigenvalue weighted by atomic mass is 10.2. The maximum atomic E-state index is 13.1. The van der Waals surface area contributed by atoms with E-state index in [1.54, 1.807) is 24.3 Å². The molecule has 9 heteroatoms. The summed E-state index contributed by atoms with van der Waals surface area (Å²) in [6, 6.07) is 20.6. The van der Waals surface area contributed by atoms with E-state index in [1.165, 1.54) is 42.7 Å². The number of carbonyl (C=O) groups excluding carboxylic acids is 1. The summed E-state index contributed by atoms with van der Waals surface area (Å²) in [5.74, 6) is 0.146. The first kappa shape index (κ1) is 24.6. The Bertz CT molecular complexity index is 1270. The van der Waals surface area contributed by atoms with Gasteiger partial charge in [-0.05, 0) is 67.7 Å². The molecule has 0 saturated carbocycles. The minimum atomic E-state index is -3.83. The van der Waals surface area contributed by atoms with Gasteiger partial charge in [-0.2, -0.15) is 0 Å². The number of sulfonamides is 1. The van der Waals surface area contributed by atoms with E-state index in [0.717, 1.165) is 31.9 Å². The summed E-state index contributed by atoms with van der Waals surface area (Å²) >= 11 is 0. The Morgan fingerprint density at radius 2 is 1.54 bits per heavy atom. The van der Waals surface area contributed by atoms with E-state index in [-0.39, 0.29) is 10.8 Å². The van der Waals surface area contributed by atoms with Crippen LogP contribution in [0.1, 0.15) is 10.4 Å². The van der Waals surface area contributed by atoms with Crippen molar-refractivity contribution < 1.29 is 17.9 Å². The van der Waals surface area contributed by atoms with Gasteiger partial charge in [0.15, 0.2) is 0 Å². The highest BCUT2D eigenvalue weighted by Crippen LogP contribution is 2.31. The highest BCUT2D eigenvalue weighted by atomic mass is 32.2. The largest absolute Gasteiger partial charge is 0.495 e. The van der Waals surface area contributed by atoms with E-state index >= 15 is 0 Å². The number of rotatable bonds is 7. The molecule has 0 atom stereocenters. The quantitative estimate of drug-likeness (QED) is 0.541. The van der Waals surface area contributed by atoms with E-state index in [9.17, 15) is 13.2 Å². The number of hydrogen-bond acceptors (Lipinski definition) is 6. The predicted molar refractivity (Wildman–Crippen MR) is 139 cm³/mol. The van der Waals surface area contributed by atoms with Crippen molar-refractivity contribution in [3.63, 3.8) is 0 Å². The Labute approximate surface area is 206 Å². The summed E-state index contributed by atoms with van der Waals surface area (Å²) in [6.07, 6.45) is 0. The molecule has 1 aliphatic rings. The lowest BCUT2D eigenvalue weighted by molar-refractivity contribution is 0.102. The molecule has 0 radical (unpaired) electrons. The van der Waals surface area contributed by atoms with Crippen LogP contribution in [0.2, 0.25) is 0 Å². The first-order valence-corrected chi connectivity index (χ1v) is 12.8. The monoisotopic (exact) mass is 494 g/mol. The lowest BCUT2D eigenvalue weighted by Gasteiger charge is -2.34.